The summed E-state index contributed by atoms with van der Waals surface area (Å²) in [4.78, 5) is 26.9. The normalized spacial score (nSPS) is 13.3. The summed E-state index contributed by atoms with van der Waals surface area (Å²) in [6, 6.07) is 19.3. The van der Waals surface area contributed by atoms with Crippen molar-refractivity contribution in [3.8, 4) is 6.07 Å². The molecule has 0 saturated carbocycles. The van der Waals surface area contributed by atoms with Crippen LogP contribution in [0.5, 0.6) is 0 Å². The van der Waals surface area contributed by atoms with Crippen molar-refractivity contribution in [2.45, 2.75) is 0 Å². The smallest absolute Gasteiger partial charge is 0.266 e. The third-order valence-electron chi connectivity index (χ3n) is 4.54. The molecule has 0 saturated heterocycles. The van der Waals surface area contributed by atoms with Gasteiger partial charge in [-0.15, -0.1) is 0 Å². The van der Waals surface area contributed by atoms with Gasteiger partial charge >= 0.3 is 0 Å². The number of amidine groups is 1. The van der Waals surface area contributed by atoms with Crippen LogP contribution in [0.1, 0.15) is 20.7 Å². The van der Waals surface area contributed by atoms with Crippen molar-refractivity contribution >= 4 is 45.5 Å². The average molecular weight is 382 g/mol. The first-order chi connectivity index (χ1) is 14.0. The first-order valence-corrected chi connectivity index (χ1v) is 8.59. The zero-order chi connectivity index (χ0) is 20.5. The quantitative estimate of drug-likeness (QED) is 0.276. The predicted octanol–water partition coefficient (Wildman–Crippen LogP) is 2.87. The third-order valence-corrected chi connectivity index (χ3v) is 4.54. The summed E-state index contributed by atoms with van der Waals surface area (Å²) in [6.07, 6.45) is 0. The molecule has 0 bridgehead atoms. The van der Waals surface area contributed by atoms with E-state index in [0.29, 0.717) is 11.4 Å². The van der Waals surface area contributed by atoms with Gasteiger partial charge in [0.1, 0.15) is 6.07 Å². The number of nitrogens with zero attached hydrogens (tertiary/aromatic N) is 3. The van der Waals surface area contributed by atoms with Crippen LogP contribution in [0.4, 0.5) is 11.4 Å². The van der Waals surface area contributed by atoms with E-state index in [-0.39, 0.29) is 16.8 Å². The summed E-state index contributed by atoms with van der Waals surface area (Å²) >= 11 is 0. The lowest BCUT2D eigenvalue weighted by Gasteiger charge is -2.14. The number of hydrogen-bond donors (Lipinski definition) is 3. The van der Waals surface area contributed by atoms with Crippen LogP contribution < -0.4 is 16.1 Å². The Morgan fingerprint density at radius 1 is 1.00 bits per heavy atom. The van der Waals surface area contributed by atoms with Gasteiger partial charge in [-0.05, 0) is 41.1 Å². The molecule has 29 heavy (non-hydrogen) atoms. The minimum atomic E-state index is -0.477. The number of nitrogens with one attached hydrogen (secondary N) is 2. The maximum absolute atomic E-state index is 12.9. The number of carbonyl (C=O) groups excluding carboxylic acids is 2. The van der Waals surface area contributed by atoms with Gasteiger partial charge in [-0.3, -0.25) is 20.4 Å². The molecule has 0 unspecified atom stereocenters. The number of hydrogen-bond acceptors (Lipinski definition) is 6. The molecule has 0 spiro atoms. The molecule has 1 aliphatic heterocycles. The summed E-state index contributed by atoms with van der Waals surface area (Å²) in [5, 5.41) is 21.8. The second-order valence-electron chi connectivity index (χ2n) is 6.34. The number of nitriles is 1. The van der Waals surface area contributed by atoms with Crippen molar-refractivity contribution in [2.75, 3.05) is 10.3 Å². The zero-order valence-corrected chi connectivity index (χ0v) is 15.0. The highest BCUT2D eigenvalue weighted by Crippen LogP contribution is 2.31. The number of nitrogens with two attached hydrogens (primary N) is 1. The summed E-state index contributed by atoms with van der Waals surface area (Å²) in [6.45, 7) is 0. The van der Waals surface area contributed by atoms with Crippen molar-refractivity contribution in [1.82, 2.24) is 0 Å². The Hall–Kier alpha value is -4.51. The minimum Gasteiger partial charge on any atom is -0.382 e. The first-order valence-electron chi connectivity index (χ1n) is 8.59. The molecule has 1 aliphatic rings. The summed E-state index contributed by atoms with van der Waals surface area (Å²) < 4.78 is 0. The lowest BCUT2D eigenvalue weighted by Crippen LogP contribution is -2.29. The monoisotopic (exact) mass is 382 g/mol. The van der Waals surface area contributed by atoms with Crippen LogP contribution in [0.25, 0.3) is 10.8 Å². The van der Waals surface area contributed by atoms with Gasteiger partial charge in [0, 0.05) is 0 Å². The van der Waals surface area contributed by atoms with Gasteiger partial charge in [0.05, 0.1) is 22.5 Å². The van der Waals surface area contributed by atoms with Gasteiger partial charge in [-0.1, -0.05) is 30.3 Å². The van der Waals surface area contributed by atoms with Crippen LogP contribution in [0.15, 0.2) is 65.8 Å². The Kier molecular flexibility index (Phi) is 4.26. The number of fused-ring (bicyclic) bond motifs is 2. The first kappa shape index (κ1) is 17.9. The van der Waals surface area contributed by atoms with Crippen LogP contribution in [-0.4, -0.2) is 23.4 Å². The maximum atomic E-state index is 12.9. The standard InChI is InChI=1S/C21H14N6O2/c22-11-18(19(23)24)26-25-14-6-8-16-17(10-14)21(29)27(20(16)28)15-7-5-12-3-1-2-4-13(12)9-15/h1-10,25H,(H3,23,24)/b26-18+. The molecule has 0 aliphatic carbocycles. The number of imide groups is 1. The Balaban J connectivity index is 1.68. The summed E-state index contributed by atoms with van der Waals surface area (Å²) in [5.41, 5.74) is 8.93. The molecule has 1 heterocycles. The number of rotatable bonds is 4. The Bertz CT molecular complexity index is 1270. The highest BCUT2D eigenvalue weighted by atomic mass is 16.2. The third kappa shape index (κ3) is 3.07. The summed E-state index contributed by atoms with van der Waals surface area (Å²) in [7, 11) is 0. The molecule has 4 N–H and O–H groups in total. The molecule has 0 radical (unpaired) electrons. The van der Waals surface area contributed by atoms with Crippen LogP contribution >= 0.6 is 0 Å². The highest BCUT2D eigenvalue weighted by Gasteiger charge is 2.36. The Labute approximate surface area is 165 Å². The van der Waals surface area contributed by atoms with E-state index < -0.39 is 17.6 Å². The molecule has 2 amide bonds. The van der Waals surface area contributed by atoms with Crippen LogP contribution in [0.2, 0.25) is 0 Å². The molecule has 4 rings (SSSR count). The number of anilines is 2. The zero-order valence-electron chi connectivity index (χ0n) is 15.0. The van der Waals surface area contributed by atoms with E-state index in [2.05, 4.69) is 10.5 Å². The van der Waals surface area contributed by atoms with Crippen molar-refractivity contribution < 1.29 is 9.59 Å². The SMILES string of the molecule is N#C/C(=N\Nc1ccc2c(c1)C(=O)N(c1ccc3ccccc3c1)C2=O)C(=N)N. The molecule has 0 aromatic heterocycles. The van der Waals surface area contributed by atoms with E-state index >= 15 is 0 Å². The van der Waals surface area contributed by atoms with Crippen molar-refractivity contribution in [2.24, 2.45) is 10.8 Å². The fourth-order valence-electron chi connectivity index (χ4n) is 3.13. The van der Waals surface area contributed by atoms with Gasteiger partial charge < -0.3 is 5.73 Å². The Morgan fingerprint density at radius 3 is 2.45 bits per heavy atom. The van der Waals surface area contributed by atoms with Crippen LogP contribution in [0, 0.1) is 16.7 Å². The maximum Gasteiger partial charge on any atom is 0.266 e. The van der Waals surface area contributed by atoms with E-state index in [1.165, 1.54) is 12.1 Å². The van der Waals surface area contributed by atoms with Gasteiger partial charge in [0.25, 0.3) is 11.8 Å². The second kappa shape index (κ2) is 6.90. The molecule has 140 valence electrons. The topological polar surface area (TPSA) is 135 Å². The second-order valence-corrected chi connectivity index (χ2v) is 6.34. The minimum absolute atomic E-state index is 0.227. The fourth-order valence-corrected chi connectivity index (χ4v) is 3.13. The van der Waals surface area contributed by atoms with Gasteiger partial charge in [-0.25, -0.2) is 4.90 Å². The number of hydrazone groups is 1. The highest BCUT2D eigenvalue weighted by molar-refractivity contribution is 6.45. The number of benzene rings is 3. The van der Waals surface area contributed by atoms with E-state index in [0.717, 1.165) is 15.7 Å². The molecular formula is C21H14N6O2. The van der Waals surface area contributed by atoms with Crippen LogP contribution in [0.3, 0.4) is 0 Å². The van der Waals surface area contributed by atoms with E-state index in [1.807, 2.05) is 30.3 Å². The molecular weight excluding hydrogens is 368 g/mol. The van der Waals surface area contributed by atoms with Crippen molar-refractivity contribution in [3.63, 3.8) is 0 Å². The number of carbonyl (C=O) groups is 2. The van der Waals surface area contributed by atoms with Gasteiger partial charge in [-0.2, -0.15) is 10.4 Å². The van der Waals surface area contributed by atoms with Crippen LogP contribution in [-0.2, 0) is 0 Å². The molecule has 0 atom stereocenters. The number of amides is 2. The van der Waals surface area contributed by atoms with Gasteiger partial charge in [0.15, 0.2) is 5.84 Å². The Morgan fingerprint density at radius 2 is 1.72 bits per heavy atom. The van der Waals surface area contributed by atoms with E-state index in [4.69, 9.17) is 16.4 Å². The average Bonchev–Trinajstić information content (AvgIpc) is 2.97. The van der Waals surface area contributed by atoms with E-state index in [9.17, 15) is 9.59 Å². The largest absolute Gasteiger partial charge is 0.382 e. The molecule has 0 fully saturated rings. The lowest BCUT2D eigenvalue weighted by molar-refractivity contribution is 0.0926. The van der Waals surface area contributed by atoms with Gasteiger partial charge in [0.2, 0.25) is 5.71 Å². The predicted molar refractivity (Wildman–Crippen MR) is 110 cm³/mol. The van der Waals surface area contributed by atoms with E-state index in [1.54, 1.807) is 24.3 Å². The molecule has 8 nitrogen and oxygen atoms in total. The summed E-state index contributed by atoms with van der Waals surface area (Å²) in [5.74, 6) is -1.33. The van der Waals surface area contributed by atoms with Crippen molar-refractivity contribution in [3.05, 3.63) is 71.8 Å². The molecule has 8 heteroatoms. The fraction of sp³-hybridized carbons (Fsp3) is 0. The molecule has 3 aromatic carbocycles. The molecule has 3 aromatic rings. The van der Waals surface area contributed by atoms with Crippen molar-refractivity contribution in [1.29, 1.82) is 10.7 Å². The lowest BCUT2D eigenvalue weighted by atomic mass is 10.1.